The van der Waals surface area contributed by atoms with Crippen LogP contribution in [-0.4, -0.2) is 63.6 Å². The van der Waals surface area contributed by atoms with Gasteiger partial charge in [0, 0.05) is 25.9 Å². The van der Waals surface area contributed by atoms with Crippen LogP contribution in [0.15, 0.2) is 0 Å². The van der Waals surface area contributed by atoms with E-state index >= 15 is 0 Å². The summed E-state index contributed by atoms with van der Waals surface area (Å²) in [6, 6.07) is 0. The van der Waals surface area contributed by atoms with Crippen LogP contribution in [-0.2, 0) is 28.5 Å². The largest absolute Gasteiger partial charge is 0.462 e. The van der Waals surface area contributed by atoms with E-state index in [-0.39, 0.29) is 38.4 Å². The number of unbranched alkanes of at least 4 members (excludes halogenated alkanes) is 3. The SMILES string of the molecule is CCC(=O)OCCOC(=O)NCCCCCCNC(=O)OCCOC(=O)CC. The lowest BCUT2D eigenvalue weighted by molar-refractivity contribution is -0.145. The molecule has 2 N–H and O–H groups in total. The van der Waals surface area contributed by atoms with E-state index in [2.05, 4.69) is 10.6 Å². The molecule has 0 radical (unpaired) electrons. The van der Waals surface area contributed by atoms with Crippen LogP contribution < -0.4 is 10.6 Å². The maximum Gasteiger partial charge on any atom is 0.407 e. The van der Waals surface area contributed by atoms with Crippen molar-refractivity contribution in [2.45, 2.75) is 52.4 Å². The molecular formula is C18H32N2O8. The van der Waals surface area contributed by atoms with Crippen molar-refractivity contribution in [1.82, 2.24) is 10.6 Å². The smallest absolute Gasteiger partial charge is 0.407 e. The number of esters is 2. The highest BCUT2D eigenvalue weighted by Gasteiger charge is 2.04. The second-order valence-corrected chi connectivity index (χ2v) is 5.69. The zero-order valence-electron chi connectivity index (χ0n) is 16.8. The molecule has 28 heavy (non-hydrogen) atoms. The van der Waals surface area contributed by atoms with Crippen LogP contribution in [0.2, 0.25) is 0 Å². The molecule has 0 aromatic carbocycles. The zero-order chi connectivity index (χ0) is 21.0. The average molecular weight is 404 g/mol. The predicted molar refractivity (Wildman–Crippen MR) is 99.7 cm³/mol. The van der Waals surface area contributed by atoms with Gasteiger partial charge in [0.25, 0.3) is 0 Å². The summed E-state index contributed by atoms with van der Waals surface area (Å²) in [5.41, 5.74) is 0. The van der Waals surface area contributed by atoms with Crippen molar-refractivity contribution in [2.75, 3.05) is 39.5 Å². The maximum atomic E-state index is 11.4. The van der Waals surface area contributed by atoms with Gasteiger partial charge >= 0.3 is 24.1 Å². The van der Waals surface area contributed by atoms with Crippen molar-refractivity contribution in [3.63, 3.8) is 0 Å². The first-order valence-corrected chi connectivity index (χ1v) is 9.62. The standard InChI is InChI=1S/C18H32N2O8/c1-3-15(21)25-11-13-27-17(23)19-9-7-5-6-8-10-20-18(24)28-14-12-26-16(22)4-2/h3-14H2,1-2H3,(H,19,23)(H,20,24). The number of ether oxygens (including phenoxy) is 4. The second-order valence-electron chi connectivity index (χ2n) is 5.69. The summed E-state index contributed by atoms with van der Waals surface area (Å²) in [6.45, 7) is 4.51. The van der Waals surface area contributed by atoms with Gasteiger partial charge in [-0.05, 0) is 12.8 Å². The normalized spacial score (nSPS) is 9.93. The van der Waals surface area contributed by atoms with E-state index in [0.717, 1.165) is 25.7 Å². The van der Waals surface area contributed by atoms with Crippen LogP contribution in [0, 0.1) is 0 Å². The highest BCUT2D eigenvalue weighted by molar-refractivity contribution is 5.69. The van der Waals surface area contributed by atoms with Crippen molar-refractivity contribution in [3.05, 3.63) is 0 Å². The van der Waals surface area contributed by atoms with E-state index < -0.39 is 12.2 Å². The second kappa shape index (κ2) is 17.9. The minimum atomic E-state index is -0.540. The molecule has 0 aliphatic carbocycles. The third kappa shape index (κ3) is 16.9. The zero-order valence-corrected chi connectivity index (χ0v) is 16.8. The van der Waals surface area contributed by atoms with Gasteiger partial charge in [0.05, 0.1) is 0 Å². The summed E-state index contributed by atoms with van der Waals surface area (Å²) in [6.07, 6.45) is 2.84. The Morgan fingerprint density at radius 3 is 1.29 bits per heavy atom. The molecule has 0 saturated heterocycles. The Kier molecular flexibility index (Phi) is 16.3. The molecule has 2 amide bonds. The lowest BCUT2D eigenvalue weighted by Gasteiger charge is -2.08. The topological polar surface area (TPSA) is 129 Å². The first kappa shape index (κ1) is 25.5. The fraction of sp³-hybridized carbons (Fsp3) is 0.778. The lowest BCUT2D eigenvalue weighted by atomic mass is 10.2. The lowest BCUT2D eigenvalue weighted by Crippen LogP contribution is -2.27. The van der Waals surface area contributed by atoms with Gasteiger partial charge in [-0.3, -0.25) is 9.59 Å². The van der Waals surface area contributed by atoms with E-state index in [0.29, 0.717) is 25.9 Å². The monoisotopic (exact) mass is 404 g/mol. The van der Waals surface area contributed by atoms with Crippen molar-refractivity contribution in [2.24, 2.45) is 0 Å². The highest BCUT2D eigenvalue weighted by atomic mass is 16.6. The number of alkyl carbamates (subject to hydrolysis) is 2. The van der Waals surface area contributed by atoms with Crippen molar-refractivity contribution < 1.29 is 38.1 Å². The fourth-order valence-corrected chi connectivity index (χ4v) is 1.87. The number of carbonyl (C=O) groups is 4. The molecule has 0 aromatic rings. The van der Waals surface area contributed by atoms with E-state index in [1.54, 1.807) is 13.8 Å². The molecule has 0 rings (SSSR count). The van der Waals surface area contributed by atoms with Crippen molar-refractivity contribution in [1.29, 1.82) is 0 Å². The molecule has 0 saturated carbocycles. The number of amides is 2. The van der Waals surface area contributed by atoms with Crippen LogP contribution in [0.1, 0.15) is 52.4 Å². The Bertz CT molecular complexity index is 429. The molecule has 10 heteroatoms. The van der Waals surface area contributed by atoms with E-state index in [4.69, 9.17) is 18.9 Å². The molecule has 0 aliphatic rings. The molecule has 0 fully saturated rings. The van der Waals surface area contributed by atoms with E-state index in [1.165, 1.54) is 0 Å². The summed E-state index contributed by atoms with van der Waals surface area (Å²) in [4.78, 5) is 44.5. The third-order valence-corrected chi connectivity index (χ3v) is 3.38. The van der Waals surface area contributed by atoms with E-state index in [9.17, 15) is 19.2 Å². The average Bonchev–Trinajstić information content (AvgIpc) is 2.69. The summed E-state index contributed by atoms with van der Waals surface area (Å²) < 4.78 is 19.3. The van der Waals surface area contributed by atoms with Gasteiger partial charge in [0.2, 0.25) is 0 Å². The first-order chi connectivity index (χ1) is 13.5. The maximum absolute atomic E-state index is 11.4. The summed E-state index contributed by atoms with van der Waals surface area (Å²) in [5.74, 6) is -0.659. The number of carbonyl (C=O) groups excluding carboxylic acids is 4. The van der Waals surface area contributed by atoms with Gasteiger partial charge in [-0.25, -0.2) is 9.59 Å². The summed E-state index contributed by atoms with van der Waals surface area (Å²) in [7, 11) is 0. The number of rotatable bonds is 15. The Morgan fingerprint density at radius 1 is 0.571 bits per heavy atom. The molecule has 0 heterocycles. The molecule has 0 aromatic heterocycles. The molecule has 0 unspecified atom stereocenters. The van der Waals surface area contributed by atoms with Crippen LogP contribution >= 0.6 is 0 Å². The molecule has 0 spiro atoms. The van der Waals surface area contributed by atoms with Crippen LogP contribution in [0.25, 0.3) is 0 Å². The molecule has 10 nitrogen and oxygen atoms in total. The van der Waals surface area contributed by atoms with Gasteiger partial charge in [0.15, 0.2) is 0 Å². The fourth-order valence-electron chi connectivity index (χ4n) is 1.87. The molecular weight excluding hydrogens is 372 g/mol. The van der Waals surface area contributed by atoms with Gasteiger partial charge in [-0.15, -0.1) is 0 Å². The van der Waals surface area contributed by atoms with Gasteiger partial charge in [0.1, 0.15) is 26.4 Å². The quantitative estimate of drug-likeness (QED) is 0.240. The van der Waals surface area contributed by atoms with Crippen LogP contribution in [0.4, 0.5) is 9.59 Å². The Hall–Kier alpha value is -2.52. The Balaban J connectivity index is 3.36. The Morgan fingerprint density at radius 2 is 0.929 bits per heavy atom. The third-order valence-electron chi connectivity index (χ3n) is 3.38. The van der Waals surface area contributed by atoms with Gasteiger partial charge in [-0.2, -0.15) is 0 Å². The summed E-state index contributed by atoms with van der Waals surface area (Å²) >= 11 is 0. The van der Waals surface area contributed by atoms with Crippen molar-refractivity contribution >= 4 is 24.1 Å². The van der Waals surface area contributed by atoms with Crippen LogP contribution in [0.3, 0.4) is 0 Å². The van der Waals surface area contributed by atoms with Gasteiger partial charge < -0.3 is 29.6 Å². The van der Waals surface area contributed by atoms with Gasteiger partial charge in [-0.1, -0.05) is 26.7 Å². The molecule has 0 atom stereocenters. The first-order valence-electron chi connectivity index (χ1n) is 9.62. The molecule has 0 bridgehead atoms. The number of hydrogen-bond donors (Lipinski definition) is 2. The number of nitrogens with one attached hydrogen (secondary N) is 2. The Labute approximate surface area is 165 Å². The summed E-state index contributed by atoms with van der Waals surface area (Å²) in [5, 5.41) is 5.21. The highest BCUT2D eigenvalue weighted by Crippen LogP contribution is 1.98. The predicted octanol–water partition coefficient (Wildman–Crippen LogP) is 1.91. The minimum absolute atomic E-state index is 0.0282. The van der Waals surface area contributed by atoms with Crippen molar-refractivity contribution in [3.8, 4) is 0 Å². The van der Waals surface area contributed by atoms with Crippen LogP contribution in [0.5, 0.6) is 0 Å². The van der Waals surface area contributed by atoms with E-state index in [1.807, 2.05) is 0 Å². The molecule has 162 valence electrons. The molecule has 0 aliphatic heterocycles. The minimum Gasteiger partial charge on any atom is -0.462 e. The number of hydrogen-bond acceptors (Lipinski definition) is 8.